The fraction of sp³-hybridized carbons (Fsp3) is 0.500. The molecule has 0 spiro atoms. The number of pyridine rings is 1. The first-order chi connectivity index (χ1) is 9.16. The topological polar surface area (TPSA) is 39.2 Å². The maximum atomic E-state index is 12.8. The van der Waals surface area contributed by atoms with Crippen molar-refractivity contribution in [2.75, 3.05) is 6.61 Å². The molecule has 1 heterocycles. The van der Waals surface area contributed by atoms with Crippen LogP contribution < -0.4 is 0 Å². The van der Waals surface area contributed by atoms with Gasteiger partial charge in [-0.2, -0.15) is 13.2 Å². The number of alkyl halides is 5. The van der Waals surface area contributed by atoms with E-state index < -0.39 is 36.2 Å². The van der Waals surface area contributed by atoms with E-state index in [4.69, 9.17) is 0 Å². The number of ether oxygens (including phenoxy) is 1. The van der Waals surface area contributed by atoms with Crippen molar-refractivity contribution >= 4 is 5.97 Å². The SMILES string of the molecule is CCOC(=O)Cc1nc(C(F)(F)F)cc(C(F)F)c1C. The predicted molar refractivity (Wildman–Crippen MR) is 59.3 cm³/mol. The molecule has 0 N–H and O–H groups in total. The molecule has 0 aliphatic rings. The molecule has 0 aromatic carbocycles. The molecule has 20 heavy (non-hydrogen) atoms. The first-order valence-corrected chi connectivity index (χ1v) is 5.68. The van der Waals surface area contributed by atoms with Crippen molar-refractivity contribution in [2.45, 2.75) is 32.9 Å². The summed E-state index contributed by atoms with van der Waals surface area (Å²) in [5.74, 6) is -0.817. The molecule has 1 aromatic heterocycles. The Morgan fingerprint density at radius 2 is 2.00 bits per heavy atom. The number of carbonyl (C=O) groups is 1. The highest BCUT2D eigenvalue weighted by atomic mass is 19.4. The molecule has 0 amide bonds. The molecular weight excluding hydrogens is 285 g/mol. The zero-order valence-electron chi connectivity index (χ0n) is 10.7. The van der Waals surface area contributed by atoms with Crippen LogP contribution in [0.15, 0.2) is 6.07 Å². The van der Waals surface area contributed by atoms with E-state index in [0.717, 1.165) is 0 Å². The highest BCUT2D eigenvalue weighted by Crippen LogP contribution is 2.33. The lowest BCUT2D eigenvalue weighted by molar-refractivity contribution is -0.144. The van der Waals surface area contributed by atoms with Crippen LogP contribution in [0.5, 0.6) is 0 Å². The van der Waals surface area contributed by atoms with Gasteiger partial charge in [0, 0.05) is 5.56 Å². The van der Waals surface area contributed by atoms with Crippen molar-refractivity contribution in [3.05, 3.63) is 28.6 Å². The lowest BCUT2D eigenvalue weighted by atomic mass is 10.0. The van der Waals surface area contributed by atoms with Crippen molar-refractivity contribution in [1.29, 1.82) is 0 Å². The molecule has 0 atom stereocenters. The second kappa shape index (κ2) is 6.15. The number of nitrogens with zero attached hydrogens (tertiary/aromatic N) is 1. The molecule has 3 nitrogen and oxygen atoms in total. The molecule has 112 valence electrons. The molecule has 0 aliphatic carbocycles. The Morgan fingerprint density at radius 3 is 2.45 bits per heavy atom. The van der Waals surface area contributed by atoms with Crippen LogP contribution in [0.1, 0.15) is 35.9 Å². The Labute approximate surface area is 111 Å². The van der Waals surface area contributed by atoms with Gasteiger partial charge in [0.15, 0.2) is 0 Å². The fourth-order valence-electron chi connectivity index (χ4n) is 1.58. The van der Waals surface area contributed by atoms with E-state index in [9.17, 15) is 26.7 Å². The Morgan fingerprint density at radius 1 is 1.40 bits per heavy atom. The van der Waals surface area contributed by atoms with E-state index in [1.54, 1.807) is 0 Å². The Bertz CT molecular complexity index is 499. The quantitative estimate of drug-likeness (QED) is 0.631. The number of esters is 1. The van der Waals surface area contributed by atoms with Crippen LogP contribution in [0.25, 0.3) is 0 Å². The first kappa shape index (κ1) is 16.3. The van der Waals surface area contributed by atoms with Crippen LogP contribution in [0.3, 0.4) is 0 Å². The highest BCUT2D eigenvalue weighted by molar-refractivity contribution is 5.72. The molecule has 1 aromatic rings. The summed E-state index contributed by atoms with van der Waals surface area (Å²) in [4.78, 5) is 14.5. The average Bonchev–Trinajstić information content (AvgIpc) is 2.30. The summed E-state index contributed by atoms with van der Waals surface area (Å²) in [6.07, 6.45) is -8.52. The number of aromatic nitrogens is 1. The number of rotatable bonds is 4. The Hall–Kier alpha value is -1.73. The van der Waals surface area contributed by atoms with Crippen LogP contribution in [-0.2, 0) is 22.1 Å². The largest absolute Gasteiger partial charge is 0.466 e. The minimum absolute atomic E-state index is 0.0402. The molecule has 0 unspecified atom stereocenters. The predicted octanol–water partition coefficient (Wildman–Crippen LogP) is 3.45. The van der Waals surface area contributed by atoms with Gasteiger partial charge in [0.05, 0.1) is 18.7 Å². The van der Waals surface area contributed by atoms with Gasteiger partial charge in [0.25, 0.3) is 6.43 Å². The third kappa shape index (κ3) is 3.88. The summed E-state index contributed by atoms with van der Waals surface area (Å²) >= 11 is 0. The van der Waals surface area contributed by atoms with Gasteiger partial charge >= 0.3 is 12.1 Å². The summed E-state index contributed by atoms with van der Waals surface area (Å²) in [5.41, 5.74) is -2.72. The van der Waals surface area contributed by atoms with Crippen molar-refractivity contribution in [1.82, 2.24) is 4.98 Å². The van der Waals surface area contributed by atoms with Crippen molar-refractivity contribution in [2.24, 2.45) is 0 Å². The second-order valence-corrected chi connectivity index (χ2v) is 3.95. The second-order valence-electron chi connectivity index (χ2n) is 3.95. The first-order valence-electron chi connectivity index (χ1n) is 5.68. The van der Waals surface area contributed by atoms with E-state index in [0.29, 0.717) is 6.07 Å². The number of halogens is 5. The number of carbonyl (C=O) groups excluding carboxylic acids is 1. The lowest BCUT2D eigenvalue weighted by Crippen LogP contribution is -2.16. The molecule has 0 aliphatic heterocycles. The normalized spacial score (nSPS) is 11.8. The monoisotopic (exact) mass is 297 g/mol. The molecule has 8 heteroatoms. The fourth-order valence-corrected chi connectivity index (χ4v) is 1.58. The molecule has 0 saturated heterocycles. The van der Waals surface area contributed by atoms with Gasteiger partial charge in [-0.1, -0.05) is 0 Å². The summed E-state index contributed by atoms with van der Waals surface area (Å²) in [7, 11) is 0. The Kier molecular flexibility index (Phi) is 5.02. The lowest BCUT2D eigenvalue weighted by Gasteiger charge is -2.14. The Balaban J connectivity index is 3.28. The zero-order valence-corrected chi connectivity index (χ0v) is 10.7. The molecule has 0 bridgehead atoms. The summed E-state index contributed by atoms with van der Waals surface area (Å²) < 4.78 is 67.9. The third-order valence-electron chi connectivity index (χ3n) is 2.56. The number of hydrogen-bond donors (Lipinski definition) is 0. The van der Waals surface area contributed by atoms with E-state index in [1.807, 2.05) is 0 Å². The van der Waals surface area contributed by atoms with E-state index in [2.05, 4.69) is 9.72 Å². The van der Waals surface area contributed by atoms with E-state index >= 15 is 0 Å². The van der Waals surface area contributed by atoms with Gasteiger partial charge in [-0.05, 0) is 25.5 Å². The minimum Gasteiger partial charge on any atom is -0.466 e. The maximum Gasteiger partial charge on any atom is 0.433 e. The molecule has 0 saturated carbocycles. The molecule has 1 rings (SSSR count). The summed E-state index contributed by atoms with van der Waals surface area (Å²) in [6, 6.07) is 0.300. The van der Waals surface area contributed by atoms with Crippen LogP contribution in [0.4, 0.5) is 22.0 Å². The third-order valence-corrected chi connectivity index (χ3v) is 2.56. The van der Waals surface area contributed by atoms with Crippen LogP contribution in [0, 0.1) is 6.92 Å². The smallest absolute Gasteiger partial charge is 0.433 e. The van der Waals surface area contributed by atoms with Gasteiger partial charge < -0.3 is 4.74 Å². The van der Waals surface area contributed by atoms with Gasteiger partial charge in [-0.3, -0.25) is 4.79 Å². The molecule has 0 radical (unpaired) electrons. The van der Waals surface area contributed by atoms with Crippen molar-refractivity contribution in [3.63, 3.8) is 0 Å². The van der Waals surface area contributed by atoms with Gasteiger partial charge in [0.2, 0.25) is 0 Å². The van der Waals surface area contributed by atoms with Gasteiger partial charge in [0.1, 0.15) is 5.69 Å². The molecule has 0 fully saturated rings. The standard InChI is InChI=1S/C12H12F5NO2/c1-3-20-10(19)5-8-6(2)7(11(13)14)4-9(18-8)12(15,16)17/h4,11H,3,5H2,1-2H3. The van der Waals surface area contributed by atoms with Crippen molar-refractivity contribution in [3.8, 4) is 0 Å². The highest BCUT2D eigenvalue weighted by Gasteiger charge is 2.35. The maximum absolute atomic E-state index is 12.8. The van der Waals surface area contributed by atoms with Crippen LogP contribution >= 0.6 is 0 Å². The van der Waals surface area contributed by atoms with E-state index in [1.165, 1.54) is 13.8 Å². The van der Waals surface area contributed by atoms with Gasteiger partial charge in [-0.25, -0.2) is 13.8 Å². The summed E-state index contributed by atoms with van der Waals surface area (Å²) in [5, 5.41) is 0. The summed E-state index contributed by atoms with van der Waals surface area (Å²) in [6.45, 7) is 2.76. The average molecular weight is 297 g/mol. The van der Waals surface area contributed by atoms with E-state index in [-0.39, 0.29) is 17.9 Å². The van der Waals surface area contributed by atoms with Crippen molar-refractivity contribution < 1.29 is 31.5 Å². The number of hydrogen-bond acceptors (Lipinski definition) is 3. The van der Waals surface area contributed by atoms with Gasteiger partial charge in [-0.15, -0.1) is 0 Å². The van der Waals surface area contributed by atoms with Crippen LogP contribution in [0.2, 0.25) is 0 Å². The zero-order chi connectivity index (χ0) is 15.5. The molecular formula is C12H12F5NO2. The van der Waals surface area contributed by atoms with Crippen LogP contribution in [-0.4, -0.2) is 17.6 Å². The minimum atomic E-state index is -4.86.